The molecule has 7 N–H and O–H groups in total. The second-order valence-electron chi connectivity index (χ2n) is 6.57. The van der Waals surface area contributed by atoms with Crippen molar-refractivity contribution in [3.63, 3.8) is 0 Å². The first-order chi connectivity index (χ1) is 15.2. The van der Waals surface area contributed by atoms with Crippen molar-refractivity contribution in [2.75, 3.05) is 19.7 Å². The number of rotatable bonds is 12. The number of carbonyl (C=O) groups excluding carboxylic acids is 1. The monoisotopic (exact) mass is 463 g/mol. The summed E-state index contributed by atoms with van der Waals surface area (Å²) in [6.45, 7) is 0.370. The van der Waals surface area contributed by atoms with E-state index in [4.69, 9.17) is 16.2 Å². The molecule has 0 spiro atoms. The lowest BCUT2D eigenvalue weighted by molar-refractivity contribution is -0.138. The Balaban J connectivity index is 1.89. The van der Waals surface area contributed by atoms with Gasteiger partial charge in [-0.1, -0.05) is 18.2 Å². The zero-order valence-corrected chi connectivity index (χ0v) is 17.9. The molecule has 0 aliphatic heterocycles. The Hall–Kier alpha value is -3.64. The number of aliphatic carboxylic acids is 1. The van der Waals surface area contributed by atoms with E-state index in [0.717, 1.165) is 0 Å². The standard InChI is InChI=1S/C20H25N5O6S/c21-20(22)23-11-4-12-31-15-9-7-14(8-10-15)18(26)24-13-17(19(27)28)25-32(29,30)16-5-2-1-3-6-16/h1-3,5-10,17,25H,4,11-13H2,(H,24,26)(H,27,28)(H4,21,22,23)/t17-/m0/s1. The number of hydrogen-bond acceptors (Lipinski definition) is 6. The van der Waals surface area contributed by atoms with Gasteiger partial charge in [0.2, 0.25) is 10.0 Å². The second-order valence-corrected chi connectivity index (χ2v) is 8.28. The van der Waals surface area contributed by atoms with Crippen molar-refractivity contribution in [3.8, 4) is 5.75 Å². The maximum absolute atomic E-state index is 12.3. The first-order valence-electron chi connectivity index (χ1n) is 9.55. The number of ether oxygens (including phenoxy) is 1. The molecule has 1 amide bonds. The van der Waals surface area contributed by atoms with Crippen LogP contribution in [0.5, 0.6) is 5.75 Å². The third kappa shape index (κ3) is 7.89. The molecule has 0 saturated carbocycles. The van der Waals surface area contributed by atoms with E-state index in [2.05, 4.69) is 15.0 Å². The SMILES string of the molecule is NC(N)=NCCCOc1ccc(C(=O)NC[C@H](NS(=O)(=O)c2ccccc2)C(=O)O)cc1. The van der Waals surface area contributed by atoms with Gasteiger partial charge in [-0.15, -0.1) is 0 Å². The van der Waals surface area contributed by atoms with Crippen molar-refractivity contribution in [1.82, 2.24) is 10.0 Å². The predicted octanol–water partition coefficient (Wildman–Crippen LogP) is -0.110. The highest BCUT2D eigenvalue weighted by Gasteiger charge is 2.26. The minimum absolute atomic E-state index is 0.0124. The van der Waals surface area contributed by atoms with Crippen molar-refractivity contribution >= 4 is 27.9 Å². The van der Waals surface area contributed by atoms with Gasteiger partial charge in [0.25, 0.3) is 5.91 Å². The molecule has 0 saturated heterocycles. The van der Waals surface area contributed by atoms with E-state index in [1.807, 2.05) is 0 Å². The van der Waals surface area contributed by atoms with Gasteiger partial charge in [0.1, 0.15) is 11.8 Å². The third-order valence-corrected chi connectivity index (χ3v) is 5.59. The fourth-order valence-electron chi connectivity index (χ4n) is 2.50. The van der Waals surface area contributed by atoms with Crippen LogP contribution in [0.3, 0.4) is 0 Å². The van der Waals surface area contributed by atoms with Gasteiger partial charge in [0.05, 0.1) is 11.5 Å². The van der Waals surface area contributed by atoms with Crippen molar-refractivity contribution in [1.29, 1.82) is 0 Å². The minimum atomic E-state index is -4.06. The van der Waals surface area contributed by atoms with Crippen LogP contribution in [0.2, 0.25) is 0 Å². The van der Waals surface area contributed by atoms with Crippen LogP contribution < -0.4 is 26.2 Å². The lowest BCUT2D eigenvalue weighted by Gasteiger charge is -2.16. The number of sulfonamides is 1. The van der Waals surface area contributed by atoms with Gasteiger partial charge in [-0.05, 0) is 36.4 Å². The molecule has 12 heteroatoms. The van der Waals surface area contributed by atoms with E-state index in [1.165, 1.54) is 36.4 Å². The smallest absolute Gasteiger partial charge is 0.323 e. The molecule has 11 nitrogen and oxygen atoms in total. The minimum Gasteiger partial charge on any atom is -0.494 e. The van der Waals surface area contributed by atoms with Crippen LogP contribution in [-0.4, -0.2) is 57.1 Å². The molecular weight excluding hydrogens is 438 g/mol. The number of amides is 1. The highest BCUT2D eigenvalue weighted by molar-refractivity contribution is 7.89. The molecule has 2 aromatic rings. The number of nitrogens with zero attached hydrogens (tertiary/aromatic N) is 1. The highest BCUT2D eigenvalue weighted by Crippen LogP contribution is 2.13. The fraction of sp³-hybridized carbons (Fsp3) is 0.250. The van der Waals surface area contributed by atoms with Crippen molar-refractivity contribution in [2.45, 2.75) is 17.4 Å². The van der Waals surface area contributed by atoms with Gasteiger partial charge < -0.3 is 26.6 Å². The number of hydrogen-bond donors (Lipinski definition) is 5. The molecule has 0 bridgehead atoms. The van der Waals surface area contributed by atoms with Crippen LogP contribution >= 0.6 is 0 Å². The summed E-state index contributed by atoms with van der Waals surface area (Å²) in [4.78, 5) is 27.5. The number of carboxylic acid groups (broad SMARTS) is 1. The largest absolute Gasteiger partial charge is 0.494 e. The maximum atomic E-state index is 12.3. The molecule has 0 aliphatic rings. The molecule has 0 aliphatic carbocycles. The number of carbonyl (C=O) groups is 2. The summed E-state index contributed by atoms with van der Waals surface area (Å²) in [7, 11) is -4.06. The Labute approximate surface area is 185 Å². The van der Waals surface area contributed by atoms with Crippen LogP contribution in [-0.2, 0) is 14.8 Å². The Bertz CT molecular complexity index is 1040. The molecule has 0 aromatic heterocycles. The zero-order valence-electron chi connectivity index (χ0n) is 17.1. The van der Waals surface area contributed by atoms with Gasteiger partial charge in [-0.25, -0.2) is 8.42 Å². The van der Waals surface area contributed by atoms with E-state index in [0.29, 0.717) is 25.3 Å². The molecule has 2 aromatic carbocycles. The topological polar surface area (TPSA) is 186 Å². The molecule has 0 unspecified atom stereocenters. The van der Waals surface area contributed by atoms with Crippen LogP contribution in [0.25, 0.3) is 0 Å². The molecule has 0 fully saturated rings. The molecule has 1 atom stereocenters. The van der Waals surface area contributed by atoms with E-state index >= 15 is 0 Å². The summed E-state index contributed by atoms with van der Waals surface area (Å²) in [5.41, 5.74) is 10.7. The third-order valence-electron chi connectivity index (χ3n) is 4.10. The molecule has 32 heavy (non-hydrogen) atoms. The summed E-state index contributed by atoms with van der Waals surface area (Å²) >= 11 is 0. The number of aliphatic imine (C=N–C) groups is 1. The first kappa shape index (κ1) is 24.6. The zero-order chi connectivity index (χ0) is 23.6. The number of carboxylic acids is 1. The summed E-state index contributed by atoms with van der Waals surface area (Å²) in [5, 5.41) is 11.8. The number of benzene rings is 2. The van der Waals surface area contributed by atoms with Crippen LogP contribution in [0.4, 0.5) is 0 Å². The summed E-state index contributed by atoms with van der Waals surface area (Å²) in [6.07, 6.45) is 0.607. The summed E-state index contributed by atoms with van der Waals surface area (Å²) in [6, 6.07) is 12.0. The molecule has 0 heterocycles. The second kappa shape index (κ2) is 11.7. The molecule has 2 rings (SSSR count). The average molecular weight is 464 g/mol. The van der Waals surface area contributed by atoms with Crippen LogP contribution in [0.15, 0.2) is 64.5 Å². The van der Waals surface area contributed by atoms with Gasteiger partial charge >= 0.3 is 5.97 Å². The summed E-state index contributed by atoms with van der Waals surface area (Å²) < 4.78 is 32.3. The fourth-order valence-corrected chi connectivity index (χ4v) is 3.71. The quantitative estimate of drug-likeness (QED) is 0.164. The first-order valence-corrected chi connectivity index (χ1v) is 11.0. The van der Waals surface area contributed by atoms with E-state index in [9.17, 15) is 23.1 Å². The average Bonchev–Trinajstić information content (AvgIpc) is 2.76. The molecule has 0 radical (unpaired) electrons. The Morgan fingerprint density at radius 1 is 1.06 bits per heavy atom. The molecular formula is C20H25N5O6S. The summed E-state index contributed by atoms with van der Waals surface area (Å²) in [5.74, 6) is -1.44. The number of nitrogens with two attached hydrogens (primary N) is 2. The van der Waals surface area contributed by atoms with Crippen molar-refractivity contribution < 1.29 is 27.9 Å². The van der Waals surface area contributed by atoms with Gasteiger partial charge in [-0.3, -0.25) is 14.6 Å². The normalized spacial score (nSPS) is 11.9. The van der Waals surface area contributed by atoms with Gasteiger partial charge in [0, 0.05) is 25.1 Å². The highest BCUT2D eigenvalue weighted by atomic mass is 32.2. The lowest BCUT2D eigenvalue weighted by atomic mass is 10.2. The van der Waals surface area contributed by atoms with Crippen LogP contribution in [0.1, 0.15) is 16.8 Å². The Kier molecular flexibility index (Phi) is 8.98. The van der Waals surface area contributed by atoms with E-state index < -0.39 is 34.5 Å². The predicted molar refractivity (Wildman–Crippen MR) is 118 cm³/mol. The Morgan fingerprint density at radius 3 is 2.31 bits per heavy atom. The van der Waals surface area contributed by atoms with E-state index in [-0.39, 0.29) is 16.4 Å². The van der Waals surface area contributed by atoms with Crippen molar-refractivity contribution in [3.05, 3.63) is 60.2 Å². The van der Waals surface area contributed by atoms with Gasteiger partial charge in [0.15, 0.2) is 5.96 Å². The van der Waals surface area contributed by atoms with Gasteiger partial charge in [-0.2, -0.15) is 4.72 Å². The number of guanidine groups is 1. The lowest BCUT2D eigenvalue weighted by Crippen LogP contribution is -2.48. The maximum Gasteiger partial charge on any atom is 0.323 e. The Morgan fingerprint density at radius 2 is 1.72 bits per heavy atom. The van der Waals surface area contributed by atoms with Crippen molar-refractivity contribution in [2.24, 2.45) is 16.5 Å². The van der Waals surface area contributed by atoms with Crippen LogP contribution in [0, 0.1) is 0 Å². The molecule has 172 valence electrons. The van der Waals surface area contributed by atoms with E-state index in [1.54, 1.807) is 18.2 Å². The number of nitrogens with one attached hydrogen (secondary N) is 2.